The molecule has 92 valence electrons. The molecule has 0 amide bonds. The first-order chi connectivity index (χ1) is 8.04. The van der Waals surface area contributed by atoms with Crippen molar-refractivity contribution in [2.75, 3.05) is 6.61 Å². The van der Waals surface area contributed by atoms with Gasteiger partial charge < -0.3 is 10.1 Å². The highest BCUT2D eigenvalue weighted by molar-refractivity contribution is 5.44. The van der Waals surface area contributed by atoms with Crippen molar-refractivity contribution in [3.63, 3.8) is 0 Å². The molecule has 1 atom stereocenters. The lowest BCUT2D eigenvalue weighted by Crippen LogP contribution is -2.24. The summed E-state index contributed by atoms with van der Waals surface area (Å²) in [5, 5.41) is 3.66. The molecule has 1 aliphatic heterocycles. The van der Waals surface area contributed by atoms with Crippen molar-refractivity contribution in [2.24, 2.45) is 0 Å². The number of hydrogen-bond donors (Lipinski definition) is 1. The highest BCUT2D eigenvalue weighted by atomic mass is 16.5. The maximum Gasteiger partial charge on any atom is 0.124 e. The molecule has 1 N–H and O–H groups in total. The average molecular weight is 231 g/mol. The molecule has 1 aliphatic carbocycles. The van der Waals surface area contributed by atoms with Crippen LogP contribution in [0.25, 0.3) is 0 Å². The van der Waals surface area contributed by atoms with Crippen molar-refractivity contribution in [2.45, 2.75) is 51.1 Å². The summed E-state index contributed by atoms with van der Waals surface area (Å²) in [7, 11) is 0. The van der Waals surface area contributed by atoms with Crippen molar-refractivity contribution in [1.29, 1.82) is 0 Å². The monoisotopic (exact) mass is 231 g/mol. The van der Waals surface area contributed by atoms with E-state index in [0.717, 1.165) is 18.4 Å². The molecule has 1 saturated carbocycles. The molecule has 2 nitrogen and oxygen atoms in total. The summed E-state index contributed by atoms with van der Waals surface area (Å²) in [5.74, 6) is 1.07. The lowest BCUT2D eigenvalue weighted by atomic mass is 9.85. The number of nitrogens with one attached hydrogen (secondary N) is 1. The average Bonchev–Trinajstić information content (AvgIpc) is 2.98. The van der Waals surface area contributed by atoms with E-state index in [1.54, 1.807) is 0 Å². The van der Waals surface area contributed by atoms with Crippen molar-refractivity contribution in [1.82, 2.24) is 5.32 Å². The maximum atomic E-state index is 5.74. The van der Waals surface area contributed by atoms with Gasteiger partial charge in [0.1, 0.15) is 12.4 Å². The minimum Gasteiger partial charge on any atom is -0.491 e. The molecule has 1 aromatic carbocycles. The second kappa shape index (κ2) is 3.74. The fourth-order valence-electron chi connectivity index (χ4n) is 2.35. The molecule has 0 aromatic heterocycles. The molecule has 3 rings (SSSR count). The van der Waals surface area contributed by atoms with Crippen LogP contribution in [0.3, 0.4) is 0 Å². The molecule has 17 heavy (non-hydrogen) atoms. The summed E-state index contributed by atoms with van der Waals surface area (Å²) >= 11 is 0. The van der Waals surface area contributed by atoms with Crippen molar-refractivity contribution in [3.05, 3.63) is 29.3 Å². The molecule has 1 fully saturated rings. The molecule has 2 aliphatic rings. The zero-order valence-corrected chi connectivity index (χ0v) is 10.9. The van der Waals surface area contributed by atoms with Gasteiger partial charge in [0.05, 0.1) is 6.04 Å². The Kier molecular flexibility index (Phi) is 2.44. The number of rotatable bonds is 2. The Labute approximate surface area is 103 Å². The van der Waals surface area contributed by atoms with Crippen LogP contribution in [0.2, 0.25) is 0 Å². The quantitative estimate of drug-likeness (QED) is 0.844. The van der Waals surface area contributed by atoms with Crippen LogP contribution in [0.5, 0.6) is 5.75 Å². The van der Waals surface area contributed by atoms with E-state index in [1.807, 2.05) is 0 Å². The van der Waals surface area contributed by atoms with Crippen LogP contribution in [-0.2, 0) is 5.41 Å². The number of benzene rings is 1. The lowest BCUT2D eigenvalue weighted by molar-refractivity contribution is 0.310. The van der Waals surface area contributed by atoms with E-state index in [-0.39, 0.29) is 5.41 Å². The van der Waals surface area contributed by atoms with Crippen LogP contribution >= 0.6 is 0 Å². The van der Waals surface area contributed by atoms with Crippen LogP contribution in [0, 0.1) is 0 Å². The van der Waals surface area contributed by atoms with Crippen molar-refractivity contribution < 1.29 is 4.74 Å². The standard InChI is InChI=1S/C15H21NO/c1-15(2,3)10-4-7-14-12(8-10)13(9-17-14)16-11-5-6-11/h4,7-8,11,13,16H,5-6,9H2,1-3H3. The van der Waals surface area contributed by atoms with Crippen molar-refractivity contribution >= 4 is 0 Å². The van der Waals surface area contributed by atoms with Gasteiger partial charge in [0, 0.05) is 11.6 Å². The summed E-state index contributed by atoms with van der Waals surface area (Å²) in [6.45, 7) is 7.56. The number of hydrogen-bond acceptors (Lipinski definition) is 2. The molecule has 0 radical (unpaired) electrons. The predicted molar refractivity (Wildman–Crippen MR) is 69.5 cm³/mol. The Balaban J connectivity index is 1.89. The van der Waals surface area contributed by atoms with Gasteiger partial charge in [-0.05, 0) is 36.0 Å². The third-order valence-corrected chi connectivity index (χ3v) is 3.67. The third kappa shape index (κ3) is 2.19. The smallest absolute Gasteiger partial charge is 0.124 e. The van der Waals surface area contributed by atoms with E-state index in [0.29, 0.717) is 6.04 Å². The topological polar surface area (TPSA) is 21.3 Å². The van der Waals surface area contributed by atoms with E-state index in [9.17, 15) is 0 Å². The fraction of sp³-hybridized carbons (Fsp3) is 0.600. The predicted octanol–water partition coefficient (Wildman–Crippen LogP) is 3.17. The van der Waals surface area contributed by atoms with E-state index in [4.69, 9.17) is 4.74 Å². The van der Waals surface area contributed by atoms with Crippen LogP contribution in [0.4, 0.5) is 0 Å². The van der Waals surface area contributed by atoms with Gasteiger partial charge in [-0.3, -0.25) is 0 Å². The highest BCUT2D eigenvalue weighted by Gasteiger charge is 2.31. The van der Waals surface area contributed by atoms with E-state index in [1.165, 1.54) is 24.0 Å². The maximum absolute atomic E-state index is 5.74. The van der Waals surface area contributed by atoms with Gasteiger partial charge in [0.2, 0.25) is 0 Å². The van der Waals surface area contributed by atoms with Crippen LogP contribution in [0.1, 0.15) is 50.8 Å². The van der Waals surface area contributed by atoms with Gasteiger partial charge in [-0.1, -0.05) is 26.8 Å². The third-order valence-electron chi connectivity index (χ3n) is 3.67. The van der Waals surface area contributed by atoms with Gasteiger partial charge in [-0.15, -0.1) is 0 Å². The van der Waals surface area contributed by atoms with Crippen molar-refractivity contribution in [3.8, 4) is 5.75 Å². The van der Waals surface area contributed by atoms with E-state index in [2.05, 4.69) is 44.3 Å². The fourth-order valence-corrected chi connectivity index (χ4v) is 2.35. The minimum atomic E-state index is 0.210. The molecule has 0 saturated heterocycles. The molecule has 1 aromatic rings. The molecular weight excluding hydrogens is 210 g/mol. The Bertz CT molecular complexity index is 429. The molecule has 1 heterocycles. The molecule has 2 heteroatoms. The summed E-state index contributed by atoms with van der Waals surface area (Å²) in [4.78, 5) is 0. The van der Waals surface area contributed by atoms with E-state index >= 15 is 0 Å². The zero-order valence-electron chi connectivity index (χ0n) is 10.9. The second-order valence-corrected chi connectivity index (χ2v) is 6.31. The van der Waals surface area contributed by atoms with Gasteiger partial charge >= 0.3 is 0 Å². The van der Waals surface area contributed by atoms with Crippen LogP contribution < -0.4 is 10.1 Å². The van der Waals surface area contributed by atoms with Gasteiger partial charge in [0.15, 0.2) is 0 Å². The number of fused-ring (bicyclic) bond motifs is 1. The molecular formula is C15H21NO. The van der Waals surface area contributed by atoms with Gasteiger partial charge in [0.25, 0.3) is 0 Å². The van der Waals surface area contributed by atoms with Crippen LogP contribution in [-0.4, -0.2) is 12.6 Å². The summed E-state index contributed by atoms with van der Waals surface area (Å²) in [5.41, 5.74) is 2.95. The first-order valence-corrected chi connectivity index (χ1v) is 6.57. The normalized spacial score (nSPS) is 23.4. The lowest BCUT2D eigenvalue weighted by Gasteiger charge is -2.20. The Morgan fingerprint density at radius 3 is 2.65 bits per heavy atom. The van der Waals surface area contributed by atoms with Gasteiger partial charge in [-0.25, -0.2) is 0 Å². The van der Waals surface area contributed by atoms with E-state index < -0.39 is 0 Å². The zero-order chi connectivity index (χ0) is 12.0. The SMILES string of the molecule is CC(C)(C)c1ccc2c(c1)C(NC1CC1)CO2. The first kappa shape index (κ1) is 11.1. The minimum absolute atomic E-state index is 0.210. The highest BCUT2D eigenvalue weighted by Crippen LogP contribution is 2.37. The first-order valence-electron chi connectivity index (χ1n) is 6.57. The largest absolute Gasteiger partial charge is 0.491 e. The van der Waals surface area contributed by atoms with Crippen LogP contribution in [0.15, 0.2) is 18.2 Å². The second-order valence-electron chi connectivity index (χ2n) is 6.31. The summed E-state index contributed by atoms with van der Waals surface area (Å²) < 4.78 is 5.74. The Morgan fingerprint density at radius 2 is 2.00 bits per heavy atom. The summed E-state index contributed by atoms with van der Waals surface area (Å²) in [6, 6.07) is 7.78. The Hall–Kier alpha value is -1.02. The molecule has 0 bridgehead atoms. The summed E-state index contributed by atoms with van der Waals surface area (Å²) in [6.07, 6.45) is 2.65. The van der Waals surface area contributed by atoms with Gasteiger partial charge in [-0.2, -0.15) is 0 Å². The molecule has 0 spiro atoms. The molecule has 1 unspecified atom stereocenters. The number of ether oxygens (including phenoxy) is 1. The Morgan fingerprint density at radius 1 is 1.24 bits per heavy atom.